The van der Waals surface area contributed by atoms with Gasteiger partial charge in [-0.25, -0.2) is 0 Å². The van der Waals surface area contributed by atoms with Gasteiger partial charge in [-0.2, -0.15) is 0 Å². The van der Waals surface area contributed by atoms with Crippen molar-refractivity contribution in [2.75, 3.05) is 0 Å². The van der Waals surface area contributed by atoms with Crippen LogP contribution < -0.4 is 0 Å². The molecule has 5 heteroatoms. The molecule has 0 unspecified atom stereocenters. The summed E-state index contributed by atoms with van der Waals surface area (Å²) in [6, 6.07) is 0. The molecule has 0 aromatic carbocycles. The molecule has 0 atom stereocenters. The van der Waals surface area contributed by atoms with E-state index in [4.69, 9.17) is 0 Å². The third-order valence-electron chi connectivity index (χ3n) is 0. The van der Waals surface area contributed by atoms with E-state index in [2.05, 4.69) is 44.4 Å². The summed E-state index contributed by atoms with van der Waals surface area (Å²) in [5.74, 6) is 0. The summed E-state index contributed by atoms with van der Waals surface area (Å²) < 4.78 is 0. The molecule has 0 radical (unpaired) electrons. The van der Waals surface area contributed by atoms with Crippen LogP contribution in [-0.2, 0) is 29.0 Å². The Balaban J connectivity index is -0.0000000275. The maximum absolute atomic E-state index is 4.34. The Morgan fingerprint density at radius 3 is 1.17 bits per heavy atom. The SMILES string of the molecule is C.[S]=[Co].[S]=[Mo]=[S]. The predicted octanol–water partition coefficient (Wildman–Crippen LogP) is 2.58. The molecule has 0 aliphatic rings. The Hall–Kier alpha value is 1.85. The molecule has 0 spiro atoms. The molecule has 6 heavy (non-hydrogen) atoms. The fourth-order valence-electron chi connectivity index (χ4n) is 0. The molecule has 0 bridgehead atoms. The van der Waals surface area contributed by atoms with Crippen LogP contribution in [0.25, 0.3) is 0 Å². The van der Waals surface area contributed by atoms with Crippen molar-refractivity contribution in [2.24, 2.45) is 0 Å². The van der Waals surface area contributed by atoms with Crippen LogP contribution in [0.4, 0.5) is 0 Å². The van der Waals surface area contributed by atoms with E-state index in [9.17, 15) is 0 Å². The van der Waals surface area contributed by atoms with Gasteiger partial charge in [-0.1, -0.05) is 7.43 Å². The van der Waals surface area contributed by atoms with E-state index < -0.39 is 0 Å². The number of hydrogen-bond acceptors (Lipinski definition) is 3. The second-order valence-corrected chi connectivity index (χ2v) is 3.62. The van der Waals surface area contributed by atoms with Crippen molar-refractivity contribution in [1.82, 2.24) is 0 Å². The average molecular weight is 267 g/mol. The first-order valence-corrected chi connectivity index (χ1v) is 7.60. The summed E-state index contributed by atoms with van der Waals surface area (Å²) in [4.78, 5) is 0. The van der Waals surface area contributed by atoms with Crippen molar-refractivity contribution >= 4 is 30.2 Å². The van der Waals surface area contributed by atoms with Gasteiger partial charge in [-0.3, -0.25) is 0 Å². The van der Waals surface area contributed by atoms with E-state index in [1.54, 1.807) is 0 Å². The fraction of sp³-hybridized carbons (Fsp3) is 1.00. The third kappa shape index (κ3) is 40.1. The molecular formula is CH4CoMoS3. The van der Waals surface area contributed by atoms with Gasteiger partial charge in [0.1, 0.15) is 0 Å². The Kier molecular flexibility index (Phi) is 75.2. The van der Waals surface area contributed by atoms with Crippen molar-refractivity contribution in [3.63, 3.8) is 0 Å². The molecule has 0 amide bonds. The first-order chi connectivity index (χ1) is 2.41. The summed E-state index contributed by atoms with van der Waals surface area (Å²) in [6.45, 7) is 0. The Bertz CT molecular complexity index is 40.1. The molecule has 0 saturated carbocycles. The van der Waals surface area contributed by atoms with Gasteiger partial charge in [0, 0.05) is 0 Å². The standard InChI is InChI=1S/CH4.Co.Mo.3S/h1H4;;;;;. The summed E-state index contributed by atoms with van der Waals surface area (Å²) in [7, 11) is 12.4. The monoisotopic (exact) mass is 269 g/mol. The van der Waals surface area contributed by atoms with E-state index >= 15 is 0 Å². The third-order valence-corrected chi connectivity index (χ3v) is 0. The second kappa shape index (κ2) is 28.8. The van der Waals surface area contributed by atoms with Gasteiger partial charge in [-0.05, 0) is 0 Å². The normalized spacial score (nSPS) is 2.83. The van der Waals surface area contributed by atoms with Crippen molar-refractivity contribution in [2.45, 2.75) is 7.43 Å². The molecule has 0 aromatic heterocycles. The van der Waals surface area contributed by atoms with E-state index in [-0.39, 0.29) is 22.4 Å². The van der Waals surface area contributed by atoms with Gasteiger partial charge >= 0.3 is 59.3 Å². The van der Waals surface area contributed by atoms with E-state index in [1.807, 2.05) is 0 Å². The molecule has 41 valence electrons. The topological polar surface area (TPSA) is 0 Å². The average Bonchev–Trinajstić information content (AvgIpc) is 1.46. The maximum atomic E-state index is 4.34. The Morgan fingerprint density at radius 2 is 1.17 bits per heavy atom. The minimum atomic E-state index is -0.363. The molecule has 0 heterocycles. The first-order valence-electron chi connectivity index (χ1n) is 0.469. The van der Waals surface area contributed by atoms with Crippen molar-refractivity contribution < 1.29 is 29.0 Å². The van der Waals surface area contributed by atoms with Gasteiger partial charge in [0.2, 0.25) is 0 Å². The van der Waals surface area contributed by atoms with Crippen LogP contribution in [0.15, 0.2) is 0 Å². The zero-order chi connectivity index (χ0) is 4.71. The van der Waals surface area contributed by atoms with Crippen LogP contribution in [0.3, 0.4) is 0 Å². The molecule has 0 N–H and O–H groups in total. The summed E-state index contributed by atoms with van der Waals surface area (Å²) in [6.07, 6.45) is 0. The summed E-state index contributed by atoms with van der Waals surface area (Å²) in [5.41, 5.74) is 0. The predicted molar refractivity (Wildman–Crippen MR) is 29.5 cm³/mol. The van der Waals surface area contributed by atoms with Gasteiger partial charge < -0.3 is 0 Å². The molecule has 0 aliphatic carbocycles. The van der Waals surface area contributed by atoms with Crippen molar-refractivity contribution in [3.8, 4) is 0 Å². The Labute approximate surface area is 66.0 Å². The van der Waals surface area contributed by atoms with Crippen LogP contribution in [0.5, 0.6) is 0 Å². The Morgan fingerprint density at radius 1 is 1.17 bits per heavy atom. The van der Waals surface area contributed by atoms with Crippen LogP contribution in [0.2, 0.25) is 0 Å². The van der Waals surface area contributed by atoms with E-state index in [1.165, 1.54) is 0 Å². The molecule has 0 rings (SSSR count). The summed E-state index contributed by atoms with van der Waals surface area (Å²) >= 11 is 2.78. The van der Waals surface area contributed by atoms with Gasteiger partial charge in [0.05, 0.1) is 0 Å². The van der Waals surface area contributed by atoms with Gasteiger partial charge in [-0.15, -0.1) is 0 Å². The molecule has 0 fully saturated rings. The zero-order valence-corrected chi connectivity index (χ0v) is 7.46. The van der Waals surface area contributed by atoms with E-state index in [0.29, 0.717) is 0 Å². The van der Waals surface area contributed by atoms with Crippen LogP contribution in [-0.4, -0.2) is 0 Å². The number of hydrogen-bond donors (Lipinski definition) is 0. The van der Waals surface area contributed by atoms with Crippen LogP contribution >= 0.6 is 30.2 Å². The molecule has 0 aliphatic heterocycles. The number of rotatable bonds is 0. The fourth-order valence-corrected chi connectivity index (χ4v) is 0. The van der Waals surface area contributed by atoms with Crippen LogP contribution in [0.1, 0.15) is 7.43 Å². The van der Waals surface area contributed by atoms with E-state index in [0.717, 1.165) is 0 Å². The zero-order valence-electron chi connectivity index (χ0n) is 1.97. The summed E-state index contributed by atoms with van der Waals surface area (Å²) in [5, 5.41) is 0. The first kappa shape index (κ1) is 15.7. The second-order valence-electron chi connectivity index (χ2n) is 0.0680. The van der Waals surface area contributed by atoms with Crippen molar-refractivity contribution in [3.05, 3.63) is 0 Å². The van der Waals surface area contributed by atoms with Crippen LogP contribution in [0, 0.1) is 0 Å². The molecule has 0 nitrogen and oxygen atoms in total. The quantitative estimate of drug-likeness (QED) is 0.619. The van der Waals surface area contributed by atoms with Gasteiger partial charge in [0.15, 0.2) is 0 Å². The minimum absolute atomic E-state index is 0. The molecule has 0 aromatic rings. The van der Waals surface area contributed by atoms with Gasteiger partial charge in [0.25, 0.3) is 0 Å². The van der Waals surface area contributed by atoms with Crippen molar-refractivity contribution in [1.29, 1.82) is 0 Å². The molecule has 0 saturated heterocycles. The molecular weight excluding hydrogens is 263 g/mol.